The minimum atomic E-state index is 0.193. The van der Waals surface area contributed by atoms with Crippen LogP contribution in [0.5, 0.6) is 0 Å². The second-order valence-electron chi connectivity index (χ2n) is 7.00. The highest BCUT2D eigenvalue weighted by Gasteiger charge is 2.02. The highest BCUT2D eigenvalue weighted by Crippen LogP contribution is 2.19. The first-order chi connectivity index (χ1) is 14.8. The minimum absolute atomic E-state index is 0.193. The molecule has 1 heteroatoms. The van der Waals surface area contributed by atoms with E-state index in [4.69, 9.17) is 0 Å². The molecule has 2 aliphatic carbocycles. The van der Waals surface area contributed by atoms with Gasteiger partial charge in [0, 0.05) is 11.1 Å². The van der Waals surface area contributed by atoms with Crippen LogP contribution in [0, 0.1) is 46.8 Å². The number of rotatable bonds is 2. The van der Waals surface area contributed by atoms with E-state index >= 15 is 0 Å². The normalized spacial score (nSPS) is 14.8. The van der Waals surface area contributed by atoms with Crippen molar-refractivity contribution in [1.82, 2.24) is 0 Å². The molecular formula is C29H19N. The van der Waals surface area contributed by atoms with Crippen molar-refractivity contribution in [3.63, 3.8) is 0 Å². The van der Waals surface area contributed by atoms with Gasteiger partial charge in [0.1, 0.15) is 0 Å². The van der Waals surface area contributed by atoms with Gasteiger partial charge in [0.05, 0.1) is 23.5 Å². The van der Waals surface area contributed by atoms with E-state index in [0.29, 0.717) is 5.57 Å². The largest absolute Gasteiger partial charge is 0.192 e. The molecule has 0 amide bonds. The van der Waals surface area contributed by atoms with Crippen LogP contribution in [0.15, 0.2) is 97.1 Å². The standard InChI is InChI=1S/C29H19N/c30-22-29(28-19-17-26(18-20-28)12-10-24-7-3-4-8-24)21-27-15-13-25(14-16-27)11-9-23-5-1-2-6-23/h1-8,13-21,23-24H/b29-21+. The van der Waals surface area contributed by atoms with Gasteiger partial charge in [0.15, 0.2) is 0 Å². The van der Waals surface area contributed by atoms with Crippen LogP contribution < -0.4 is 0 Å². The maximum absolute atomic E-state index is 9.62. The summed E-state index contributed by atoms with van der Waals surface area (Å²) in [4.78, 5) is 0. The molecule has 30 heavy (non-hydrogen) atoms. The van der Waals surface area contributed by atoms with Crippen molar-refractivity contribution in [2.75, 3.05) is 0 Å². The van der Waals surface area contributed by atoms with Crippen molar-refractivity contribution in [1.29, 1.82) is 5.26 Å². The molecule has 0 N–H and O–H groups in total. The van der Waals surface area contributed by atoms with E-state index in [1.807, 2.05) is 78.9 Å². The van der Waals surface area contributed by atoms with E-state index in [0.717, 1.165) is 22.3 Å². The lowest BCUT2D eigenvalue weighted by Gasteiger charge is -2.01. The molecule has 0 aliphatic heterocycles. The van der Waals surface area contributed by atoms with Crippen molar-refractivity contribution in [2.24, 2.45) is 11.8 Å². The Bertz CT molecular complexity index is 1210. The highest BCUT2D eigenvalue weighted by atomic mass is 14.2. The zero-order valence-electron chi connectivity index (χ0n) is 16.4. The summed E-state index contributed by atoms with van der Waals surface area (Å²) in [5.74, 6) is 13.2. The first-order valence-corrected chi connectivity index (χ1v) is 9.85. The summed E-state index contributed by atoms with van der Waals surface area (Å²) < 4.78 is 0. The first-order valence-electron chi connectivity index (χ1n) is 9.85. The Labute approximate surface area is 178 Å². The van der Waals surface area contributed by atoms with Crippen LogP contribution in [-0.2, 0) is 0 Å². The Hall–Kier alpha value is -4.25. The van der Waals surface area contributed by atoms with Crippen molar-refractivity contribution < 1.29 is 0 Å². The third-order valence-electron chi connectivity index (χ3n) is 4.80. The van der Waals surface area contributed by atoms with Gasteiger partial charge in [0.2, 0.25) is 0 Å². The van der Waals surface area contributed by atoms with Crippen LogP contribution in [0.3, 0.4) is 0 Å². The van der Waals surface area contributed by atoms with Crippen molar-refractivity contribution in [3.8, 4) is 29.8 Å². The molecule has 0 aromatic heterocycles. The van der Waals surface area contributed by atoms with Gasteiger partial charge in [-0.25, -0.2) is 0 Å². The quantitative estimate of drug-likeness (QED) is 0.359. The average Bonchev–Trinajstić information content (AvgIpc) is 3.50. The van der Waals surface area contributed by atoms with Gasteiger partial charge in [-0.3, -0.25) is 0 Å². The molecule has 1 nitrogen and oxygen atoms in total. The topological polar surface area (TPSA) is 23.8 Å². The van der Waals surface area contributed by atoms with E-state index in [1.54, 1.807) is 0 Å². The predicted octanol–water partition coefficient (Wildman–Crippen LogP) is 5.94. The fraction of sp³-hybridized carbons (Fsp3) is 0.0690. The molecule has 2 aliphatic rings. The summed E-state index contributed by atoms with van der Waals surface area (Å²) in [5, 5.41) is 9.62. The summed E-state index contributed by atoms with van der Waals surface area (Å²) in [6.07, 6.45) is 18.2. The van der Waals surface area contributed by atoms with Gasteiger partial charge in [-0.2, -0.15) is 5.26 Å². The molecule has 0 saturated carbocycles. The monoisotopic (exact) mass is 381 g/mol. The molecule has 0 spiro atoms. The summed E-state index contributed by atoms with van der Waals surface area (Å²) in [7, 11) is 0. The van der Waals surface area contributed by atoms with Gasteiger partial charge < -0.3 is 0 Å². The molecule has 0 unspecified atom stereocenters. The number of benzene rings is 2. The summed E-state index contributed by atoms with van der Waals surface area (Å²) >= 11 is 0. The average molecular weight is 381 g/mol. The maximum Gasteiger partial charge on any atom is 0.0998 e. The van der Waals surface area contributed by atoms with E-state index < -0.39 is 0 Å². The Balaban J connectivity index is 1.47. The van der Waals surface area contributed by atoms with Crippen LogP contribution in [-0.4, -0.2) is 0 Å². The number of allylic oxidation sites excluding steroid dienone is 9. The summed E-state index contributed by atoms with van der Waals surface area (Å²) in [6.45, 7) is 0. The fourth-order valence-electron chi connectivity index (χ4n) is 3.13. The summed E-state index contributed by atoms with van der Waals surface area (Å²) in [6, 6.07) is 18.1. The number of nitriles is 1. The number of hydrogen-bond donors (Lipinski definition) is 0. The fourth-order valence-corrected chi connectivity index (χ4v) is 3.13. The van der Waals surface area contributed by atoms with Crippen LogP contribution in [0.25, 0.3) is 11.6 Å². The van der Waals surface area contributed by atoms with E-state index in [2.05, 4.69) is 54.1 Å². The molecule has 4 rings (SSSR count). The third kappa shape index (κ3) is 4.97. The molecule has 0 fully saturated rings. The van der Waals surface area contributed by atoms with Gasteiger partial charge >= 0.3 is 0 Å². The van der Waals surface area contributed by atoms with E-state index in [-0.39, 0.29) is 11.8 Å². The molecule has 2 aromatic carbocycles. The molecule has 0 radical (unpaired) electrons. The Morgan fingerprint density at radius 2 is 1.13 bits per heavy atom. The molecule has 2 aromatic rings. The minimum Gasteiger partial charge on any atom is -0.192 e. The lowest BCUT2D eigenvalue weighted by atomic mass is 10.0. The molecule has 0 bridgehead atoms. The Morgan fingerprint density at radius 1 is 0.667 bits per heavy atom. The Morgan fingerprint density at radius 3 is 1.60 bits per heavy atom. The van der Waals surface area contributed by atoms with E-state index in [9.17, 15) is 5.26 Å². The smallest absolute Gasteiger partial charge is 0.0998 e. The molecule has 140 valence electrons. The maximum atomic E-state index is 9.62. The molecule has 0 atom stereocenters. The van der Waals surface area contributed by atoms with Crippen LogP contribution in [0.1, 0.15) is 22.3 Å². The highest BCUT2D eigenvalue weighted by molar-refractivity contribution is 5.89. The first kappa shape index (κ1) is 19.1. The second-order valence-corrected chi connectivity index (χ2v) is 7.00. The zero-order chi connectivity index (χ0) is 20.6. The van der Waals surface area contributed by atoms with Gasteiger partial charge in [-0.1, -0.05) is 96.6 Å². The van der Waals surface area contributed by atoms with Crippen molar-refractivity contribution in [3.05, 3.63) is 119 Å². The van der Waals surface area contributed by atoms with Crippen molar-refractivity contribution >= 4 is 11.6 Å². The predicted molar refractivity (Wildman–Crippen MR) is 124 cm³/mol. The second kappa shape index (κ2) is 9.30. The summed E-state index contributed by atoms with van der Waals surface area (Å²) in [5.41, 5.74) is 4.39. The molecular weight excluding hydrogens is 362 g/mol. The van der Waals surface area contributed by atoms with Gasteiger partial charge in [-0.05, 0) is 41.5 Å². The molecule has 0 saturated heterocycles. The third-order valence-corrected chi connectivity index (χ3v) is 4.80. The van der Waals surface area contributed by atoms with Crippen LogP contribution >= 0.6 is 0 Å². The lowest BCUT2D eigenvalue weighted by molar-refractivity contribution is 1.15. The van der Waals surface area contributed by atoms with Crippen molar-refractivity contribution in [2.45, 2.75) is 0 Å². The van der Waals surface area contributed by atoms with Gasteiger partial charge in [-0.15, -0.1) is 0 Å². The zero-order valence-corrected chi connectivity index (χ0v) is 16.4. The van der Waals surface area contributed by atoms with Crippen LogP contribution in [0.2, 0.25) is 0 Å². The van der Waals surface area contributed by atoms with Crippen LogP contribution in [0.4, 0.5) is 0 Å². The van der Waals surface area contributed by atoms with Gasteiger partial charge in [0.25, 0.3) is 0 Å². The SMILES string of the molecule is N#C/C(=C\c1ccc(C#CC2C=CC=C2)cc1)c1ccc(C#CC2C=CC=C2)cc1. The molecule has 0 heterocycles. The van der Waals surface area contributed by atoms with E-state index in [1.165, 1.54) is 0 Å². The lowest BCUT2D eigenvalue weighted by Crippen LogP contribution is -1.85. The number of hydrogen-bond acceptors (Lipinski definition) is 1. The Kier molecular flexibility index (Phi) is 5.91. The number of nitrogens with zero attached hydrogens (tertiary/aromatic N) is 1.